The summed E-state index contributed by atoms with van der Waals surface area (Å²) in [6, 6.07) is 5.32. The Hall–Kier alpha value is -1.75. The van der Waals surface area contributed by atoms with Crippen molar-refractivity contribution >= 4 is 11.6 Å². The van der Waals surface area contributed by atoms with Crippen LogP contribution >= 0.6 is 0 Å². The normalized spacial score (nSPS) is 14.9. The van der Waals surface area contributed by atoms with E-state index in [9.17, 15) is 4.79 Å². The lowest BCUT2D eigenvalue weighted by Gasteiger charge is -2.25. The highest BCUT2D eigenvalue weighted by molar-refractivity contribution is 5.93. The van der Waals surface area contributed by atoms with Crippen LogP contribution in [0.15, 0.2) is 18.2 Å². The Balaban J connectivity index is 2.07. The van der Waals surface area contributed by atoms with E-state index in [1.165, 1.54) is 0 Å². The molecule has 1 aromatic carbocycles. The molecule has 2 N–H and O–H groups in total. The van der Waals surface area contributed by atoms with Gasteiger partial charge in [-0.3, -0.25) is 4.79 Å². The minimum absolute atomic E-state index is 0.0379. The Morgan fingerprint density at radius 2 is 2.00 bits per heavy atom. The lowest BCUT2D eigenvalue weighted by molar-refractivity contribution is -0.121. The van der Waals surface area contributed by atoms with Crippen LogP contribution in [0.25, 0.3) is 0 Å². The SMILES string of the molecule is COc1ccc(NC(=O)C2CNC2)cc1OC. The molecule has 0 radical (unpaired) electrons. The van der Waals surface area contributed by atoms with Gasteiger partial charge in [-0.05, 0) is 12.1 Å². The van der Waals surface area contributed by atoms with E-state index in [0.29, 0.717) is 11.5 Å². The molecule has 0 saturated carbocycles. The summed E-state index contributed by atoms with van der Waals surface area (Å²) in [7, 11) is 3.15. The van der Waals surface area contributed by atoms with Crippen LogP contribution < -0.4 is 20.1 Å². The fraction of sp³-hybridized carbons (Fsp3) is 0.417. The van der Waals surface area contributed by atoms with E-state index < -0.39 is 0 Å². The molecule has 2 rings (SSSR count). The third kappa shape index (κ3) is 2.50. The average molecular weight is 236 g/mol. The monoisotopic (exact) mass is 236 g/mol. The quantitative estimate of drug-likeness (QED) is 0.814. The van der Waals surface area contributed by atoms with Crippen molar-refractivity contribution in [2.45, 2.75) is 0 Å². The molecule has 17 heavy (non-hydrogen) atoms. The largest absolute Gasteiger partial charge is 0.493 e. The van der Waals surface area contributed by atoms with Crippen molar-refractivity contribution in [3.63, 3.8) is 0 Å². The molecule has 5 heteroatoms. The van der Waals surface area contributed by atoms with Gasteiger partial charge in [0.15, 0.2) is 11.5 Å². The number of hydrogen-bond acceptors (Lipinski definition) is 4. The van der Waals surface area contributed by atoms with Gasteiger partial charge >= 0.3 is 0 Å². The molecule has 0 bridgehead atoms. The zero-order chi connectivity index (χ0) is 12.3. The van der Waals surface area contributed by atoms with Crippen LogP contribution in [0.3, 0.4) is 0 Å². The lowest BCUT2D eigenvalue weighted by atomic mass is 10.0. The van der Waals surface area contributed by atoms with E-state index in [-0.39, 0.29) is 11.8 Å². The van der Waals surface area contributed by atoms with Crippen molar-refractivity contribution in [3.05, 3.63) is 18.2 Å². The van der Waals surface area contributed by atoms with Gasteiger partial charge in [0.25, 0.3) is 0 Å². The number of anilines is 1. The molecule has 0 atom stereocenters. The molecule has 92 valence electrons. The van der Waals surface area contributed by atoms with Gasteiger partial charge in [0.05, 0.1) is 20.1 Å². The number of benzene rings is 1. The fourth-order valence-corrected chi connectivity index (χ4v) is 1.63. The van der Waals surface area contributed by atoms with Gasteiger partial charge < -0.3 is 20.1 Å². The number of nitrogens with one attached hydrogen (secondary N) is 2. The van der Waals surface area contributed by atoms with Gasteiger partial charge in [0, 0.05) is 24.8 Å². The molecule has 1 amide bonds. The number of ether oxygens (including phenoxy) is 2. The van der Waals surface area contributed by atoms with Gasteiger partial charge in [-0.1, -0.05) is 0 Å². The van der Waals surface area contributed by atoms with Crippen molar-refractivity contribution in [1.29, 1.82) is 0 Å². The van der Waals surface area contributed by atoms with Crippen molar-refractivity contribution in [2.75, 3.05) is 32.6 Å². The first kappa shape index (κ1) is 11.7. The number of amides is 1. The molecule has 0 unspecified atom stereocenters. The Labute approximate surface area is 100 Å². The fourth-order valence-electron chi connectivity index (χ4n) is 1.63. The molecule has 1 fully saturated rings. The van der Waals surface area contributed by atoms with Crippen LogP contribution in [0.1, 0.15) is 0 Å². The van der Waals surface area contributed by atoms with Crippen molar-refractivity contribution < 1.29 is 14.3 Å². The first-order chi connectivity index (χ1) is 8.24. The minimum Gasteiger partial charge on any atom is -0.493 e. The summed E-state index contributed by atoms with van der Waals surface area (Å²) in [5.41, 5.74) is 0.722. The molecule has 5 nitrogen and oxygen atoms in total. The molecule has 0 spiro atoms. The van der Waals surface area contributed by atoms with Crippen LogP contribution in [0.2, 0.25) is 0 Å². The van der Waals surface area contributed by atoms with Gasteiger partial charge in [-0.15, -0.1) is 0 Å². The number of methoxy groups -OCH3 is 2. The van der Waals surface area contributed by atoms with Crippen LogP contribution in [0, 0.1) is 5.92 Å². The first-order valence-electron chi connectivity index (χ1n) is 5.48. The Morgan fingerprint density at radius 3 is 2.53 bits per heavy atom. The van der Waals surface area contributed by atoms with Crippen LogP contribution in [0.5, 0.6) is 11.5 Å². The number of carbonyl (C=O) groups is 1. The standard InChI is InChI=1S/C12H16N2O3/c1-16-10-4-3-9(5-11(10)17-2)14-12(15)8-6-13-7-8/h3-5,8,13H,6-7H2,1-2H3,(H,14,15). The summed E-state index contributed by atoms with van der Waals surface area (Å²) in [4.78, 5) is 11.7. The molecule has 1 saturated heterocycles. The van der Waals surface area contributed by atoms with Crippen LogP contribution in [0.4, 0.5) is 5.69 Å². The summed E-state index contributed by atoms with van der Waals surface area (Å²) in [5.74, 6) is 1.37. The summed E-state index contributed by atoms with van der Waals surface area (Å²) >= 11 is 0. The molecule has 1 aromatic rings. The third-order valence-corrected chi connectivity index (χ3v) is 2.80. The molecule has 0 aromatic heterocycles. The summed E-state index contributed by atoms with van der Waals surface area (Å²) in [6.07, 6.45) is 0. The Kier molecular flexibility index (Phi) is 3.49. The predicted octanol–water partition coefficient (Wildman–Crippen LogP) is 0.862. The average Bonchev–Trinajstić information content (AvgIpc) is 2.26. The molecular weight excluding hydrogens is 220 g/mol. The zero-order valence-corrected chi connectivity index (χ0v) is 9.95. The topological polar surface area (TPSA) is 59.6 Å². The summed E-state index contributed by atoms with van der Waals surface area (Å²) < 4.78 is 10.3. The minimum atomic E-state index is 0.0379. The van der Waals surface area contributed by atoms with Crippen molar-refractivity contribution in [3.8, 4) is 11.5 Å². The predicted molar refractivity (Wildman–Crippen MR) is 64.5 cm³/mol. The van der Waals surface area contributed by atoms with Crippen molar-refractivity contribution in [1.82, 2.24) is 5.32 Å². The lowest BCUT2D eigenvalue weighted by Crippen LogP contribution is -2.48. The molecule has 1 heterocycles. The maximum Gasteiger partial charge on any atom is 0.230 e. The second-order valence-corrected chi connectivity index (χ2v) is 3.91. The Morgan fingerprint density at radius 1 is 1.29 bits per heavy atom. The van der Waals surface area contributed by atoms with Crippen LogP contribution in [-0.2, 0) is 4.79 Å². The van der Waals surface area contributed by atoms with E-state index in [2.05, 4.69) is 10.6 Å². The highest BCUT2D eigenvalue weighted by Gasteiger charge is 2.24. The van der Waals surface area contributed by atoms with Crippen LogP contribution in [-0.4, -0.2) is 33.2 Å². The van der Waals surface area contributed by atoms with E-state index in [1.54, 1.807) is 32.4 Å². The van der Waals surface area contributed by atoms with Gasteiger partial charge in [0.2, 0.25) is 5.91 Å². The maximum atomic E-state index is 11.7. The van der Waals surface area contributed by atoms with Gasteiger partial charge in [-0.2, -0.15) is 0 Å². The van der Waals surface area contributed by atoms with E-state index in [0.717, 1.165) is 18.8 Å². The second kappa shape index (κ2) is 5.05. The number of carbonyl (C=O) groups excluding carboxylic acids is 1. The number of rotatable bonds is 4. The molecule has 1 aliphatic heterocycles. The van der Waals surface area contributed by atoms with E-state index in [1.807, 2.05) is 0 Å². The molecular formula is C12H16N2O3. The summed E-state index contributed by atoms with van der Waals surface area (Å²) in [5, 5.41) is 5.92. The smallest absolute Gasteiger partial charge is 0.230 e. The zero-order valence-electron chi connectivity index (χ0n) is 9.95. The molecule has 0 aliphatic carbocycles. The van der Waals surface area contributed by atoms with E-state index in [4.69, 9.17) is 9.47 Å². The van der Waals surface area contributed by atoms with Gasteiger partial charge in [-0.25, -0.2) is 0 Å². The highest BCUT2D eigenvalue weighted by Crippen LogP contribution is 2.29. The first-order valence-corrected chi connectivity index (χ1v) is 5.48. The Bertz CT molecular complexity index is 416. The highest BCUT2D eigenvalue weighted by atomic mass is 16.5. The number of hydrogen-bond donors (Lipinski definition) is 2. The summed E-state index contributed by atoms with van der Waals surface area (Å²) in [6.45, 7) is 1.50. The molecule has 1 aliphatic rings. The maximum absolute atomic E-state index is 11.7. The third-order valence-electron chi connectivity index (χ3n) is 2.80. The van der Waals surface area contributed by atoms with Crippen molar-refractivity contribution in [2.24, 2.45) is 5.92 Å². The van der Waals surface area contributed by atoms with E-state index >= 15 is 0 Å². The second-order valence-electron chi connectivity index (χ2n) is 3.91. The van der Waals surface area contributed by atoms with Gasteiger partial charge in [0.1, 0.15) is 0 Å².